The van der Waals surface area contributed by atoms with Crippen LogP contribution in [0.1, 0.15) is 25.0 Å². The number of carbonyl (C=O) groups is 1. The topological polar surface area (TPSA) is 72.5 Å². The normalized spacial score (nSPS) is 11.2. The van der Waals surface area contributed by atoms with Gasteiger partial charge in [-0.15, -0.1) is 0 Å². The van der Waals surface area contributed by atoms with E-state index in [0.717, 1.165) is 5.56 Å². The predicted molar refractivity (Wildman–Crippen MR) is 68.2 cm³/mol. The largest absolute Gasteiger partial charge is 0.352 e. The molecule has 0 bridgehead atoms. The summed E-state index contributed by atoms with van der Waals surface area (Å²) in [6.07, 6.45) is 0. The van der Waals surface area contributed by atoms with Crippen molar-refractivity contribution in [1.82, 2.24) is 5.32 Å². The average molecular weight is 271 g/mol. The van der Waals surface area contributed by atoms with Crippen molar-refractivity contribution in [2.75, 3.05) is 6.61 Å². The quantitative estimate of drug-likeness (QED) is 0.789. The molecule has 1 amide bonds. The van der Waals surface area contributed by atoms with Crippen molar-refractivity contribution >= 4 is 16.0 Å². The first-order chi connectivity index (χ1) is 8.43. The molecule has 0 aliphatic carbocycles. The first-order valence-corrected chi connectivity index (χ1v) is 7.20. The molecule has 0 saturated heterocycles. The van der Waals surface area contributed by atoms with Crippen molar-refractivity contribution in [3.05, 3.63) is 35.4 Å². The molecule has 0 radical (unpaired) electrons. The molecule has 0 spiro atoms. The van der Waals surface area contributed by atoms with Crippen molar-refractivity contribution in [3.8, 4) is 0 Å². The highest BCUT2D eigenvalue weighted by Crippen LogP contribution is 2.09. The number of carbonyl (C=O) groups excluding carboxylic acids is 1. The van der Waals surface area contributed by atoms with E-state index >= 15 is 0 Å². The van der Waals surface area contributed by atoms with Crippen molar-refractivity contribution in [3.63, 3.8) is 0 Å². The van der Waals surface area contributed by atoms with Crippen LogP contribution in [0.4, 0.5) is 0 Å². The summed E-state index contributed by atoms with van der Waals surface area (Å²) in [6.45, 7) is 3.66. The van der Waals surface area contributed by atoms with Crippen LogP contribution in [0.25, 0.3) is 0 Å². The van der Waals surface area contributed by atoms with Crippen LogP contribution in [0.3, 0.4) is 0 Å². The van der Waals surface area contributed by atoms with Crippen LogP contribution in [0.2, 0.25) is 0 Å². The Morgan fingerprint density at radius 1 is 1.22 bits per heavy atom. The first-order valence-electron chi connectivity index (χ1n) is 5.62. The summed E-state index contributed by atoms with van der Waals surface area (Å²) in [6, 6.07) is 7.00. The Labute approximate surface area is 107 Å². The second kappa shape index (κ2) is 6.51. The van der Waals surface area contributed by atoms with Crippen LogP contribution in [-0.2, 0) is 31.4 Å². The van der Waals surface area contributed by atoms with E-state index in [-0.39, 0.29) is 18.3 Å². The highest BCUT2D eigenvalue weighted by atomic mass is 32.2. The molecule has 0 unspecified atom stereocenters. The summed E-state index contributed by atoms with van der Waals surface area (Å²) in [5.74, 6) is -0.237. The minimum Gasteiger partial charge on any atom is -0.352 e. The van der Waals surface area contributed by atoms with Gasteiger partial charge in [0.1, 0.15) is 5.75 Å². The summed E-state index contributed by atoms with van der Waals surface area (Å²) in [5, 5.41) is 2.67. The van der Waals surface area contributed by atoms with Gasteiger partial charge in [0, 0.05) is 13.5 Å². The first kappa shape index (κ1) is 14.7. The predicted octanol–water partition coefficient (Wildman–Crippen LogP) is 1.19. The van der Waals surface area contributed by atoms with E-state index in [1.807, 2.05) is 0 Å². The fourth-order valence-electron chi connectivity index (χ4n) is 1.41. The maximum atomic E-state index is 11.4. The minimum absolute atomic E-state index is 0.0991. The molecule has 1 N–H and O–H groups in total. The number of nitrogens with one attached hydrogen (secondary N) is 1. The fraction of sp³-hybridized carbons (Fsp3) is 0.417. The van der Waals surface area contributed by atoms with Crippen LogP contribution in [0.5, 0.6) is 0 Å². The van der Waals surface area contributed by atoms with Gasteiger partial charge in [0.2, 0.25) is 5.91 Å². The number of amides is 1. The Balaban J connectivity index is 2.63. The Hall–Kier alpha value is -1.40. The molecule has 0 atom stereocenters. The zero-order valence-corrected chi connectivity index (χ0v) is 11.3. The second-order valence-electron chi connectivity index (χ2n) is 3.83. The highest BCUT2D eigenvalue weighted by molar-refractivity contribution is 7.85. The van der Waals surface area contributed by atoms with Gasteiger partial charge in [-0.25, -0.2) is 0 Å². The van der Waals surface area contributed by atoms with Gasteiger partial charge in [0.05, 0.1) is 6.61 Å². The maximum absolute atomic E-state index is 11.4. The molecule has 0 aliphatic rings. The molecule has 0 saturated carbocycles. The van der Waals surface area contributed by atoms with Crippen LogP contribution >= 0.6 is 0 Å². The molecule has 1 aromatic rings. The third-order valence-electron chi connectivity index (χ3n) is 2.21. The van der Waals surface area contributed by atoms with Crippen LogP contribution in [0, 0.1) is 0 Å². The van der Waals surface area contributed by atoms with E-state index in [1.54, 1.807) is 31.2 Å². The van der Waals surface area contributed by atoms with Crippen molar-refractivity contribution < 1.29 is 17.4 Å². The van der Waals surface area contributed by atoms with Gasteiger partial charge in [0.15, 0.2) is 0 Å². The van der Waals surface area contributed by atoms with Gasteiger partial charge < -0.3 is 5.32 Å². The zero-order valence-electron chi connectivity index (χ0n) is 10.5. The van der Waals surface area contributed by atoms with E-state index in [2.05, 4.69) is 9.50 Å². The van der Waals surface area contributed by atoms with Crippen LogP contribution in [-0.4, -0.2) is 20.9 Å². The van der Waals surface area contributed by atoms with Gasteiger partial charge in [-0.3, -0.25) is 8.98 Å². The third kappa shape index (κ3) is 5.29. The summed E-state index contributed by atoms with van der Waals surface area (Å²) < 4.78 is 27.5. The van der Waals surface area contributed by atoms with E-state index in [0.29, 0.717) is 12.1 Å². The van der Waals surface area contributed by atoms with E-state index in [4.69, 9.17) is 0 Å². The summed E-state index contributed by atoms with van der Waals surface area (Å²) in [5.41, 5.74) is 1.58. The zero-order chi connectivity index (χ0) is 13.6. The number of rotatable bonds is 6. The fourth-order valence-corrected chi connectivity index (χ4v) is 2.45. The number of hydrogen-bond acceptors (Lipinski definition) is 4. The minimum atomic E-state index is -3.49. The molecule has 1 aromatic carbocycles. The SMILES string of the molecule is CCOS(=O)(=O)Cc1ccc(CNC(C)=O)cc1. The molecule has 1 rings (SSSR count). The summed E-state index contributed by atoms with van der Waals surface area (Å²) in [7, 11) is -3.49. The van der Waals surface area contributed by atoms with E-state index < -0.39 is 10.1 Å². The molecule has 0 aliphatic heterocycles. The summed E-state index contributed by atoms with van der Waals surface area (Å²) in [4.78, 5) is 10.7. The molecule has 0 fully saturated rings. The van der Waals surface area contributed by atoms with Crippen molar-refractivity contribution in [2.24, 2.45) is 0 Å². The van der Waals surface area contributed by atoms with Gasteiger partial charge in [0.25, 0.3) is 10.1 Å². The number of hydrogen-bond donors (Lipinski definition) is 1. The molecule has 0 aromatic heterocycles. The third-order valence-corrected chi connectivity index (χ3v) is 3.49. The summed E-state index contributed by atoms with van der Waals surface area (Å²) >= 11 is 0. The molecule has 5 nitrogen and oxygen atoms in total. The lowest BCUT2D eigenvalue weighted by Gasteiger charge is -2.06. The Kier molecular flexibility index (Phi) is 5.30. The molecule has 100 valence electrons. The lowest BCUT2D eigenvalue weighted by molar-refractivity contribution is -0.119. The van der Waals surface area contributed by atoms with Crippen molar-refractivity contribution in [1.29, 1.82) is 0 Å². The monoisotopic (exact) mass is 271 g/mol. The van der Waals surface area contributed by atoms with Gasteiger partial charge in [-0.1, -0.05) is 24.3 Å². The van der Waals surface area contributed by atoms with Gasteiger partial charge >= 0.3 is 0 Å². The van der Waals surface area contributed by atoms with Gasteiger partial charge in [-0.2, -0.15) is 8.42 Å². The lowest BCUT2D eigenvalue weighted by Crippen LogP contribution is -2.18. The maximum Gasteiger partial charge on any atom is 0.271 e. The average Bonchev–Trinajstić information content (AvgIpc) is 2.27. The van der Waals surface area contributed by atoms with E-state index in [9.17, 15) is 13.2 Å². The second-order valence-corrected chi connectivity index (χ2v) is 5.47. The Morgan fingerprint density at radius 3 is 2.28 bits per heavy atom. The van der Waals surface area contributed by atoms with Crippen LogP contribution < -0.4 is 5.32 Å². The smallest absolute Gasteiger partial charge is 0.271 e. The van der Waals surface area contributed by atoms with Crippen LogP contribution in [0.15, 0.2) is 24.3 Å². The highest BCUT2D eigenvalue weighted by Gasteiger charge is 2.11. The molecular weight excluding hydrogens is 254 g/mol. The Bertz CT molecular complexity index is 493. The van der Waals surface area contributed by atoms with Crippen molar-refractivity contribution in [2.45, 2.75) is 26.1 Å². The molecular formula is C12H17NO4S. The standard InChI is InChI=1S/C12H17NO4S/c1-3-17-18(15,16)9-12-6-4-11(5-7-12)8-13-10(2)14/h4-7H,3,8-9H2,1-2H3,(H,13,14). The molecule has 0 heterocycles. The lowest BCUT2D eigenvalue weighted by atomic mass is 10.1. The van der Waals surface area contributed by atoms with E-state index in [1.165, 1.54) is 6.92 Å². The molecule has 18 heavy (non-hydrogen) atoms. The molecule has 6 heteroatoms. The number of benzene rings is 1. The van der Waals surface area contributed by atoms with Gasteiger partial charge in [-0.05, 0) is 18.1 Å². The Morgan fingerprint density at radius 2 is 1.78 bits per heavy atom.